The third-order valence-electron chi connectivity index (χ3n) is 2.30. The molecule has 0 bridgehead atoms. The van der Waals surface area contributed by atoms with Gasteiger partial charge >= 0.3 is 5.97 Å². The van der Waals surface area contributed by atoms with Gasteiger partial charge in [-0.1, -0.05) is 17.7 Å². The first kappa shape index (κ1) is 13.8. The Morgan fingerprint density at radius 1 is 1.40 bits per heavy atom. The van der Waals surface area contributed by atoms with Crippen LogP contribution in [0.3, 0.4) is 0 Å². The minimum absolute atomic E-state index is 0.00333. The van der Waals surface area contributed by atoms with Crippen LogP contribution in [0.15, 0.2) is 36.5 Å². The molecule has 2 rings (SSSR count). The van der Waals surface area contributed by atoms with Crippen LogP contribution < -0.4 is 4.74 Å². The van der Waals surface area contributed by atoms with E-state index in [2.05, 4.69) is 4.98 Å². The third kappa shape index (κ3) is 3.01. The van der Waals surface area contributed by atoms with Gasteiger partial charge in [-0.25, -0.2) is 9.78 Å². The first-order chi connectivity index (χ1) is 9.47. The lowest BCUT2D eigenvalue weighted by molar-refractivity contribution is -0.384. The fourth-order valence-electron chi connectivity index (χ4n) is 1.39. The molecule has 0 fully saturated rings. The van der Waals surface area contributed by atoms with Crippen LogP contribution in [0.25, 0.3) is 0 Å². The van der Waals surface area contributed by atoms with E-state index in [0.29, 0.717) is 0 Å². The molecule has 2 aromatic rings. The first-order valence-corrected chi connectivity index (χ1v) is 5.66. The van der Waals surface area contributed by atoms with Crippen molar-refractivity contribution in [1.29, 1.82) is 0 Å². The summed E-state index contributed by atoms with van der Waals surface area (Å²) in [5.41, 5.74) is -0.220. The lowest BCUT2D eigenvalue weighted by Crippen LogP contribution is -1.98. The van der Waals surface area contributed by atoms with E-state index in [9.17, 15) is 14.9 Å². The van der Waals surface area contributed by atoms with E-state index in [1.807, 2.05) is 0 Å². The van der Waals surface area contributed by atoms with Gasteiger partial charge < -0.3 is 9.84 Å². The summed E-state index contributed by atoms with van der Waals surface area (Å²) in [6.45, 7) is 0. The number of halogens is 1. The van der Waals surface area contributed by atoms with Gasteiger partial charge in [-0.15, -0.1) is 0 Å². The Bertz CT molecular complexity index is 689. The number of ether oxygens (including phenoxy) is 1. The number of carbonyl (C=O) groups is 1. The SMILES string of the molecule is O=C(O)c1cnc(Oc2cccc([N+](=O)[O-])c2)c(Cl)c1. The molecule has 1 N–H and O–H groups in total. The molecule has 1 aromatic carbocycles. The average molecular weight is 295 g/mol. The molecule has 0 saturated heterocycles. The van der Waals surface area contributed by atoms with Gasteiger partial charge in [-0.3, -0.25) is 10.1 Å². The molecule has 0 unspecified atom stereocenters. The van der Waals surface area contributed by atoms with Gasteiger partial charge in [0.2, 0.25) is 5.88 Å². The third-order valence-corrected chi connectivity index (χ3v) is 2.57. The summed E-state index contributed by atoms with van der Waals surface area (Å²) in [5, 5.41) is 19.4. The molecule has 0 radical (unpaired) electrons. The Labute approximate surface area is 117 Å². The van der Waals surface area contributed by atoms with Crippen LogP contribution in [0.1, 0.15) is 10.4 Å². The zero-order chi connectivity index (χ0) is 14.7. The monoisotopic (exact) mass is 294 g/mol. The highest BCUT2D eigenvalue weighted by molar-refractivity contribution is 6.32. The van der Waals surface area contributed by atoms with Gasteiger partial charge in [-0.2, -0.15) is 0 Å². The average Bonchev–Trinajstić information content (AvgIpc) is 2.41. The molecule has 0 aliphatic heterocycles. The van der Waals surface area contributed by atoms with Gasteiger partial charge in [0.25, 0.3) is 5.69 Å². The van der Waals surface area contributed by atoms with Gasteiger partial charge in [0.1, 0.15) is 10.8 Å². The van der Waals surface area contributed by atoms with Crippen LogP contribution in [0, 0.1) is 10.1 Å². The van der Waals surface area contributed by atoms with Crippen LogP contribution in [0.5, 0.6) is 11.6 Å². The molecule has 8 heteroatoms. The van der Waals surface area contributed by atoms with E-state index in [1.165, 1.54) is 30.3 Å². The number of carboxylic acid groups (broad SMARTS) is 1. The normalized spacial score (nSPS) is 10.1. The minimum atomic E-state index is -1.17. The molecule has 0 aliphatic carbocycles. The van der Waals surface area contributed by atoms with Gasteiger partial charge in [0, 0.05) is 12.3 Å². The molecular formula is C12H7ClN2O5. The van der Waals surface area contributed by atoms with Gasteiger partial charge in [-0.05, 0) is 12.1 Å². The Hall–Kier alpha value is -2.67. The fourth-order valence-corrected chi connectivity index (χ4v) is 1.59. The van der Waals surface area contributed by atoms with E-state index < -0.39 is 10.9 Å². The van der Waals surface area contributed by atoms with E-state index >= 15 is 0 Å². The Morgan fingerprint density at radius 3 is 2.75 bits per heavy atom. The van der Waals surface area contributed by atoms with E-state index in [-0.39, 0.29) is 27.9 Å². The summed E-state index contributed by atoms with van der Waals surface area (Å²) >= 11 is 5.84. The molecule has 0 saturated carbocycles. The highest BCUT2D eigenvalue weighted by atomic mass is 35.5. The molecule has 0 aliphatic rings. The van der Waals surface area contributed by atoms with Crippen LogP contribution in [-0.4, -0.2) is 21.0 Å². The van der Waals surface area contributed by atoms with E-state index in [0.717, 1.165) is 6.20 Å². The van der Waals surface area contributed by atoms with E-state index in [1.54, 1.807) is 0 Å². The maximum absolute atomic E-state index is 10.7. The van der Waals surface area contributed by atoms with Crippen LogP contribution in [0.2, 0.25) is 5.02 Å². The number of hydrogen-bond acceptors (Lipinski definition) is 5. The highest BCUT2D eigenvalue weighted by Crippen LogP contribution is 2.29. The summed E-state index contributed by atoms with van der Waals surface area (Å²) in [6, 6.07) is 6.66. The second kappa shape index (κ2) is 5.54. The highest BCUT2D eigenvalue weighted by Gasteiger charge is 2.12. The van der Waals surface area contributed by atoms with Gasteiger partial charge in [0.15, 0.2) is 0 Å². The number of nitro groups is 1. The number of pyridine rings is 1. The van der Waals surface area contributed by atoms with Crippen molar-refractivity contribution in [1.82, 2.24) is 4.98 Å². The van der Waals surface area contributed by atoms with Crippen molar-refractivity contribution in [2.75, 3.05) is 0 Å². The Morgan fingerprint density at radius 2 is 2.15 bits per heavy atom. The zero-order valence-electron chi connectivity index (χ0n) is 9.82. The number of aromatic nitrogens is 1. The van der Waals surface area contributed by atoms with E-state index in [4.69, 9.17) is 21.4 Å². The molecule has 0 atom stereocenters. The van der Waals surface area contributed by atoms with Gasteiger partial charge in [0.05, 0.1) is 16.6 Å². The molecule has 1 heterocycles. The van der Waals surface area contributed by atoms with Crippen molar-refractivity contribution < 1.29 is 19.6 Å². The Kier molecular flexibility index (Phi) is 3.81. The largest absolute Gasteiger partial charge is 0.478 e. The van der Waals surface area contributed by atoms with Crippen LogP contribution in [0.4, 0.5) is 5.69 Å². The fraction of sp³-hybridized carbons (Fsp3) is 0. The number of benzene rings is 1. The molecule has 0 amide bonds. The predicted octanol–water partition coefficient (Wildman–Crippen LogP) is 3.13. The van der Waals surface area contributed by atoms with Crippen molar-refractivity contribution in [2.45, 2.75) is 0 Å². The number of carboxylic acids is 1. The van der Waals surface area contributed by atoms with Crippen LogP contribution in [-0.2, 0) is 0 Å². The second-order valence-electron chi connectivity index (χ2n) is 3.67. The van der Waals surface area contributed by atoms with Crippen molar-refractivity contribution in [3.8, 4) is 11.6 Å². The number of rotatable bonds is 4. The molecule has 0 spiro atoms. The standard InChI is InChI=1S/C12H7ClN2O5/c13-10-4-7(12(16)17)6-14-11(10)20-9-3-1-2-8(5-9)15(18)19/h1-6H,(H,16,17). The maximum atomic E-state index is 10.7. The number of hydrogen-bond donors (Lipinski definition) is 1. The Balaban J connectivity index is 2.28. The summed E-state index contributed by atoms with van der Waals surface area (Å²) in [7, 11) is 0. The second-order valence-corrected chi connectivity index (χ2v) is 4.08. The number of nitro benzene ring substituents is 1. The van der Waals surface area contributed by atoms with Crippen LogP contribution >= 0.6 is 11.6 Å². The maximum Gasteiger partial charge on any atom is 0.337 e. The minimum Gasteiger partial charge on any atom is -0.478 e. The molecule has 1 aromatic heterocycles. The van der Waals surface area contributed by atoms with Crippen molar-refractivity contribution in [3.05, 3.63) is 57.2 Å². The molecule has 102 valence electrons. The number of aromatic carboxylic acids is 1. The van der Waals surface area contributed by atoms with Crippen molar-refractivity contribution >= 4 is 23.3 Å². The first-order valence-electron chi connectivity index (χ1n) is 5.28. The summed E-state index contributed by atoms with van der Waals surface area (Å²) < 4.78 is 5.29. The predicted molar refractivity (Wildman–Crippen MR) is 69.4 cm³/mol. The molecular weight excluding hydrogens is 288 g/mol. The summed E-state index contributed by atoms with van der Waals surface area (Å²) in [5.74, 6) is -1.02. The lowest BCUT2D eigenvalue weighted by atomic mass is 10.3. The quantitative estimate of drug-likeness (QED) is 0.686. The molecule has 7 nitrogen and oxygen atoms in total. The lowest BCUT2D eigenvalue weighted by Gasteiger charge is -2.06. The topological polar surface area (TPSA) is 103 Å². The van der Waals surface area contributed by atoms with Crippen molar-refractivity contribution in [3.63, 3.8) is 0 Å². The number of non-ortho nitro benzene ring substituents is 1. The smallest absolute Gasteiger partial charge is 0.337 e. The summed E-state index contributed by atoms with van der Waals surface area (Å²) in [6.07, 6.45) is 1.08. The number of nitrogens with zero attached hydrogens (tertiary/aromatic N) is 2. The van der Waals surface area contributed by atoms with Crippen molar-refractivity contribution in [2.24, 2.45) is 0 Å². The zero-order valence-corrected chi connectivity index (χ0v) is 10.6. The molecule has 20 heavy (non-hydrogen) atoms. The summed E-state index contributed by atoms with van der Waals surface area (Å²) in [4.78, 5) is 24.6.